The zero-order chi connectivity index (χ0) is 37.6. The molecule has 0 amide bonds. The Morgan fingerprint density at radius 1 is 0.792 bits per heavy atom. The molecular formula is C43H41IrN3O-2. The number of hydrogen-bond acceptors (Lipinski definition) is 4. The molecule has 1 radical (unpaired) electrons. The maximum atomic E-state index is 8.66. The maximum Gasteiger partial charge on any atom is 0.216 e. The SMILES string of the molecule is [2H]C([2H])([2H])c1cnc(-c2[c-]cc(C)cc2)cc1C.[2H]C([2H])(c1ccnc(-c2[c-]ccc3c2oc2nc(-c4c(C)cccc4C)ccc23)c1)C(C)(C)C.[Ir]. The minimum atomic E-state index is -2.10. The quantitative estimate of drug-likeness (QED) is 0.166. The molecule has 4 aromatic heterocycles. The molecule has 0 unspecified atom stereocenters. The van der Waals surface area contributed by atoms with E-state index in [1.165, 1.54) is 17.3 Å². The van der Waals surface area contributed by atoms with Crippen LogP contribution >= 0.6 is 0 Å². The zero-order valence-corrected chi connectivity index (χ0v) is 30.6. The second kappa shape index (κ2) is 14.4. The van der Waals surface area contributed by atoms with Crippen LogP contribution < -0.4 is 0 Å². The monoisotopic (exact) mass is 813 g/mol. The molecule has 0 aliphatic heterocycles. The van der Waals surface area contributed by atoms with E-state index in [1.807, 2.05) is 64.1 Å². The molecule has 7 aromatic rings. The van der Waals surface area contributed by atoms with Crippen LogP contribution in [0.5, 0.6) is 0 Å². The molecule has 0 N–H and O–H groups in total. The van der Waals surface area contributed by atoms with Gasteiger partial charge >= 0.3 is 0 Å². The van der Waals surface area contributed by atoms with Crippen LogP contribution in [0.25, 0.3) is 55.8 Å². The number of aryl methyl sites for hydroxylation is 5. The molecule has 4 nitrogen and oxygen atoms in total. The summed E-state index contributed by atoms with van der Waals surface area (Å²) in [5.41, 5.74) is 10.7. The summed E-state index contributed by atoms with van der Waals surface area (Å²) in [5.74, 6) is 0. The Kier molecular flexibility index (Phi) is 8.54. The van der Waals surface area contributed by atoms with E-state index >= 15 is 0 Å². The number of benzene rings is 3. The summed E-state index contributed by atoms with van der Waals surface area (Å²) in [7, 11) is 0. The summed E-state index contributed by atoms with van der Waals surface area (Å²) in [6.45, 7) is 11.6. The first kappa shape index (κ1) is 28.6. The van der Waals surface area contributed by atoms with E-state index in [2.05, 4.69) is 60.2 Å². The Balaban J connectivity index is 0.000000242. The summed E-state index contributed by atoms with van der Waals surface area (Å²) in [4.78, 5) is 13.6. The second-order valence-electron chi connectivity index (χ2n) is 13.0. The average molecular weight is 813 g/mol. The standard InChI is InChI=1S/C29H27N2O.C14H14N.Ir/c1-18-8-6-9-19(2)26(18)24-13-12-22-21-10-7-11-23(27(21)32-28(22)31-24)25-16-20(14-15-30-25)17-29(3,4)5;1-10-4-6-13(7-5-10)14-8-11(2)12(3)9-15-14;/h6-10,12-16H,17H2,1-5H3;4-6,8-9H,1-3H3;/q2*-1;/i17D2;3D3;. The fourth-order valence-electron chi connectivity index (χ4n) is 5.61. The van der Waals surface area contributed by atoms with Gasteiger partial charge in [0.1, 0.15) is 0 Å². The van der Waals surface area contributed by atoms with E-state index < -0.39 is 18.6 Å². The van der Waals surface area contributed by atoms with Gasteiger partial charge in [-0.25, -0.2) is 4.98 Å². The number of fused-ring (bicyclic) bond motifs is 3. The van der Waals surface area contributed by atoms with E-state index in [0.29, 0.717) is 33.7 Å². The molecule has 4 heterocycles. The number of furan rings is 1. The summed E-state index contributed by atoms with van der Waals surface area (Å²) in [6, 6.07) is 31.7. The van der Waals surface area contributed by atoms with Gasteiger partial charge in [-0.05, 0) is 85.7 Å². The molecule has 5 heteroatoms. The van der Waals surface area contributed by atoms with E-state index in [9.17, 15) is 0 Å². The molecule has 0 atom stereocenters. The van der Waals surface area contributed by atoms with Crippen molar-refractivity contribution in [3.63, 3.8) is 0 Å². The Hall–Kier alpha value is -4.44. The van der Waals surface area contributed by atoms with Gasteiger partial charge in [0.05, 0.1) is 11.3 Å². The Labute approximate surface area is 305 Å². The van der Waals surface area contributed by atoms with Crippen LogP contribution in [0.3, 0.4) is 0 Å². The van der Waals surface area contributed by atoms with Crippen molar-refractivity contribution >= 4 is 22.1 Å². The third-order valence-electron chi connectivity index (χ3n) is 7.93. The predicted octanol–water partition coefficient (Wildman–Crippen LogP) is 11.2. The molecule has 0 fully saturated rings. The van der Waals surface area contributed by atoms with E-state index in [1.54, 1.807) is 31.3 Å². The average Bonchev–Trinajstić information content (AvgIpc) is 3.46. The topological polar surface area (TPSA) is 51.8 Å². The van der Waals surface area contributed by atoms with Gasteiger partial charge < -0.3 is 14.4 Å². The van der Waals surface area contributed by atoms with Crippen molar-refractivity contribution in [2.75, 3.05) is 0 Å². The summed E-state index contributed by atoms with van der Waals surface area (Å²) in [6.07, 6.45) is 1.57. The molecule has 0 aliphatic carbocycles. The first-order valence-corrected chi connectivity index (χ1v) is 15.7. The normalized spacial score (nSPS) is 13.4. The Morgan fingerprint density at radius 3 is 2.27 bits per heavy atom. The molecule has 0 bridgehead atoms. The first-order valence-electron chi connectivity index (χ1n) is 18.2. The molecule has 48 heavy (non-hydrogen) atoms. The van der Waals surface area contributed by atoms with Gasteiger partial charge in [0.15, 0.2) is 0 Å². The minimum absolute atomic E-state index is 0. The van der Waals surface area contributed by atoms with Crippen LogP contribution in [0, 0.1) is 52.1 Å². The third-order valence-corrected chi connectivity index (χ3v) is 7.93. The van der Waals surface area contributed by atoms with Crippen molar-refractivity contribution in [3.05, 3.63) is 137 Å². The van der Waals surface area contributed by atoms with Crippen molar-refractivity contribution in [2.45, 2.75) is 61.7 Å². The van der Waals surface area contributed by atoms with E-state index in [-0.39, 0.29) is 20.1 Å². The van der Waals surface area contributed by atoms with Crippen LogP contribution in [-0.4, -0.2) is 15.0 Å². The summed E-state index contributed by atoms with van der Waals surface area (Å²) < 4.78 is 45.8. The van der Waals surface area contributed by atoms with E-state index in [0.717, 1.165) is 44.4 Å². The van der Waals surface area contributed by atoms with Crippen molar-refractivity contribution in [1.29, 1.82) is 0 Å². The van der Waals surface area contributed by atoms with Crippen LogP contribution in [0.1, 0.15) is 61.0 Å². The molecule has 0 saturated carbocycles. The predicted molar refractivity (Wildman–Crippen MR) is 194 cm³/mol. The second-order valence-corrected chi connectivity index (χ2v) is 13.0. The van der Waals surface area contributed by atoms with Crippen LogP contribution in [0.15, 0.2) is 95.7 Å². The first-order chi connectivity index (χ1) is 24.5. The molecule has 245 valence electrons. The smallest absolute Gasteiger partial charge is 0.216 e. The zero-order valence-electron chi connectivity index (χ0n) is 33.2. The van der Waals surface area contributed by atoms with Gasteiger partial charge in [0.2, 0.25) is 5.71 Å². The van der Waals surface area contributed by atoms with Crippen molar-refractivity contribution in [3.8, 4) is 33.8 Å². The minimum Gasteiger partial charge on any atom is -0.486 e. The van der Waals surface area contributed by atoms with Crippen molar-refractivity contribution < 1.29 is 31.4 Å². The van der Waals surface area contributed by atoms with Gasteiger partial charge in [-0.3, -0.25) is 0 Å². The Bertz CT molecular complexity index is 2390. The molecule has 0 aliphatic rings. The number of rotatable bonds is 4. The Morgan fingerprint density at radius 2 is 1.58 bits per heavy atom. The molecule has 0 saturated heterocycles. The molecule has 0 spiro atoms. The van der Waals surface area contributed by atoms with Gasteiger partial charge in [0, 0.05) is 50.3 Å². The number of aromatic nitrogens is 3. The molecular weight excluding hydrogens is 767 g/mol. The summed E-state index contributed by atoms with van der Waals surface area (Å²) in [5, 5.41) is 1.87. The van der Waals surface area contributed by atoms with Gasteiger partial charge in [0.25, 0.3) is 0 Å². The van der Waals surface area contributed by atoms with Crippen molar-refractivity contribution in [1.82, 2.24) is 15.0 Å². The van der Waals surface area contributed by atoms with Gasteiger partial charge in [-0.1, -0.05) is 80.1 Å². The molecule has 7 rings (SSSR count). The van der Waals surface area contributed by atoms with Gasteiger partial charge in [-0.2, -0.15) is 0 Å². The third kappa shape index (κ3) is 7.65. The van der Waals surface area contributed by atoms with Crippen LogP contribution in [0.4, 0.5) is 0 Å². The number of nitrogens with zero attached hydrogens (tertiary/aromatic N) is 3. The largest absolute Gasteiger partial charge is 0.486 e. The number of pyridine rings is 3. The van der Waals surface area contributed by atoms with Gasteiger partial charge in [-0.15, -0.1) is 53.6 Å². The fourth-order valence-corrected chi connectivity index (χ4v) is 5.61. The maximum absolute atomic E-state index is 8.66. The van der Waals surface area contributed by atoms with Crippen LogP contribution in [-0.2, 0) is 26.5 Å². The van der Waals surface area contributed by atoms with E-state index in [4.69, 9.17) is 16.3 Å². The van der Waals surface area contributed by atoms with Crippen LogP contribution in [0.2, 0.25) is 0 Å². The fraction of sp³-hybridized carbons (Fsp3) is 0.233. The molecule has 3 aromatic carbocycles. The number of hydrogen-bond donors (Lipinski definition) is 0. The summed E-state index contributed by atoms with van der Waals surface area (Å²) >= 11 is 0. The van der Waals surface area contributed by atoms with Crippen molar-refractivity contribution in [2.24, 2.45) is 5.41 Å².